The van der Waals surface area contributed by atoms with Gasteiger partial charge in [0.1, 0.15) is 11.3 Å². The Morgan fingerprint density at radius 3 is 2.88 bits per heavy atom. The molecule has 1 aliphatic rings. The van der Waals surface area contributed by atoms with Gasteiger partial charge in [0, 0.05) is 19.1 Å². The highest BCUT2D eigenvalue weighted by molar-refractivity contribution is 5.96. The summed E-state index contributed by atoms with van der Waals surface area (Å²) in [4.78, 5) is 14.2. The van der Waals surface area contributed by atoms with Crippen LogP contribution in [0.2, 0.25) is 0 Å². The van der Waals surface area contributed by atoms with Crippen LogP contribution < -0.4 is 5.32 Å². The second kappa shape index (κ2) is 4.87. The Kier molecular flexibility index (Phi) is 3.47. The molecule has 1 amide bonds. The molecule has 1 fully saturated rings. The average molecular weight is 237 g/mol. The third-order valence-electron chi connectivity index (χ3n) is 3.36. The fourth-order valence-electron chi connectivity index (χ4n) is 2.34. The first-order valence-electron chi connectivity index (χ1n) is 6.03. The van der Waals surface area contributed by atoms with Crippen molar-refractivity contribution in [2.75, 3.05) is 20.1 Å². The van der Waals surface area contributed by atoms with Gasteiger partial charge in [0.05, 0.1) is 5.69 Å². The van der Waals surface area contributed by atoms with Crippen LogP contribution in [0, 0.1) is 13.8 Å². The summed E-state index contributed by atoms with van der Waals surface area (Å²) in [5, 5.41) is 7.06. The van der Waals surface area contributed by atoms with Gasteiger partial charge in [-0.1, -0.05) is 5.16 Å². The predicted molar refractivity (Wildman–Crippen MR) is 64.0 cm³/mol. The van der Waals surface area contributed by atoms with Gasteiger partial charge in [0.15, 0.2) is 0 Å². The topological polar surface area (TPSA) is 58.4 Å². The summed E-state index contributed by atoms with van der Waals surface area (Å²) in [6.45, 7) is 5.18. The van der Waals surface area contributed by atoms with Gasteiger partial charge in [-0.15, -0.1) is 0 Å². The van der Waals surface area contributed by atoms with E-state index in [-0.39, 0.29) is 5.91 Å². The zero-order chi connectivity index (χ0) is 12.4. The van der Waals surface area contributed by atoms with E-state index in [1.165, 1.54) is 0 Å². The molecule has 0 saturated carbocycles. The van der Waals surface area contributed by atoms with Gasteiger partial charge in [0.25, 0.3) is 5.91 Å². The van der Waals surface area contributed by atoms with Crippen LogP contribution in [0.1, 0.15) is 34.7 Å². The highest BCUT2D eigenvalue weighted by atomic mass is 16.5. The van der Waals surface area contributed by atoms with E-state index in [0.29, 0.717) is 23.1 Å². The number of likely N-dealkylation sites (N-methyl/N-ethyl adjacent to an activating group) is 1. The molecule has 2 heterocycles. The molecule has 1 aliphatic heterocycles. The van der Waals surface area contributed by atoms with E-state index in [1.54, 1.807) is 6.92 Å². The lowest BCUT2D eigenvalue weighted by atomic mass is 10.0. The van der Waals surface area contributed by atoms with E-state index in [1.807, 2.05) is 18.9 Å². The maximum absolute atomic E-state index is 12.4. The first-order valence-corrected chi connectivity index (χ1v) is 6.03. The summed E-state index contributed by atoms with van der Waals surface area (Å²) in [6, 6.07) is 0.396. The third-order valence-corrected chi connectivity index (χ3v) is 3.36. The molecular formula is C12H19N3O2. The first-order chi connectivity index (χ1) is 8.13. The fraction of sp³-hybridized carbons (Fsp3) is 0.667. The molecule has 1 saturated heterocycles. The van der Waals surface area contributed by atoms with E-state index in [9.17, 15) is 4.79 Å². The van der Waals surface area contributed by atoms with Crippen molar-refractivity contribution < 1.29 is 9.32 Å². The van der Waals surface area contributed by atoms with Crippen molar-refractivity contribution in [3.05, 3.63) is 17.0 Å². The summed E-state index contributed by atoms with van der Waals surface area (Å²) in [6.07, 6.45) is 2.17. The monoisotopic (exact) mass is 237 g/mol. The van der Waals surface area contributed by atoms with Gasteiger partial charge in [-0.05, 0) is 33.7 Å². The fourth-order valence-corrected chi connectivity index (χ4v) is 2.34. The van der Waals surface area contributed by atoms with E-state index in [4.69, 9.17) is 4.52 Å². The molecule has 1 atom stereocenters. The lowest BCUT2D eigenvalue weighted by Gasteiger charge is -2.32. The minimum absolute atomic E-state index is 0.0428. The van der Waals surface area contributed by atoms with Gasteiger partial charge in [-0.2, -0.15) is 0 Å². The molecule has 0 spiro atoms. The maximum Gasteiger partial charge on any atom is 0.259 e. The van der Waals surface area contributed by atoms with E-state index >= 15 is 0 Å². The molecule has 94 valence electrons. The summed E-state index contributed by atoms with van der Waals surface area (Å²) < 4.78 is 5.05. The Bertz CT molecular complexity index is 394. The lowest BCUT2D eigenvalue weighted by Crippen LogP contribution is -2.47. The number of piperidine rings is 1. The number of aryl methyl sites for hydroxylation is 2. The number of aromatic nitrogens is 1. The molecule has 1 unspecified atom stereocenters. The Balaban J connectivity index is 2.15. The van der Waals surface area contributed by atoms with Crippen molar-refractivity contribution in [3.63, 3.8) is 0 Å². The summed E-state index contributed by atoms with van der Waals surface area (Å²) in [5.74, 6) is 0.653. The first kappa shape index (κ1) is 12.1. The molecule has 0 bridgehead atoms. The van der Waals surface area contributed by atoms with Crippen molar-refractivity contribution in [2.24, 2.45) is 0 Å². The minimum atomic E-state index is 0.0428. The van der Waals surface area contributed by atoms with Crippen LogP contribution in [0.3, 0.4) is 0 Å². The van der Waals surface area contributed by atoms with Crippen molar-refractivity contribution in [1.29, 1.82) is 0 Å². The highest BCUT2D eigenvalue weighted by Crippen LogP contribution is 2.18. The SMILES string of the molecule is CNC1CCCN(C(=O)c2c(C)noc2C)C1. The smallest absolute Gasteiger partial charge is 0.259 e. The van der Waals surface area contributed by atoms with Crippen molar-refractivity contribution in [2.45, 2.75) is 32.7 Å². The second-order valence-electron chi connectivity index (χ2n) is 4.58. The molecule has 1 aromatic heterocycles. The van der Waals surface area contributed by atoms with Crippen molar-refractivity contribution in [3.8, 4) is 0 Å². The van der Waals surface area contributed by atoms with Crippen LogP contribution in [0.4, 0.5) is 0 Å². The Labute approximate surface area is 101 Å². The van der Waals surface area contributed by atoms with Gasteiger partial charge < -0.3 is 14.7 Å². The number of amides is 1. The van der Waals surface area contributed by atoms with Crippen LogP contribution in [0.15, 0.2) is 4.52 Å². The second-order valence-corrected chi connectivity index (χ2v) is 4.58. The molecule has 0 aliphatic carbocycles. The van der Waals surface area contributed by atoms with Gasteiger partial charge in [-0.3, -0.25) is 4.79 Å². The third kappa shape index (κ3) is 2.34. The molecule has 5 heteroatoms. The average Bonchev–Trinajstić information content (AvgIpc) is 2.68. The van der Waals surface area contributed by atoms with Crippen LogP contribution in [0.5, 0.6) is 0 Å². The summed E-state index contributed by atoms with van der Waals surface area (Å²) >= 11 is 0. The van der Waals surface area contributed by atoms with Gasteiger partial charge >= 0.3 is 0 Å². The van der Waals surface area contributed by atoms with Crippen LogP contribution >= 0.6 is 0 Å². The molecule has 5 nitrogen and oxygen atoms in total. The lowest BCUT2D eigenvalue weighted by molar-refractivity contribution is 0.0696. The number of nitrogens with one attached hydrogen (secondary N) is 1. The predicted octanol–water partition coefficient (Wildman–Crippen LogP) is 1.12. The molecule has 1 aromatic rings. The van der Waals surface area contributed by atoms with Crippen LogP contribution in [-0.4, -0.2) is 42.1 Å². The van der Waals surface area contributed by atoms with Gasteiger partial charge in [0.2, 0.25) is 0 Å². The summed E-state index contributed by atoms with van der Waals surface area (Å²) in [5.41, 5.74) is 1.31. The molecule has 1 N–H and O–H groups in total. The van der Waals surface area contributed by atoms with Crippen molar-refractivity contribution in [1.82, 2.24) is 15.4 Å². The Hall–Kier alpha value is -1.36. The maximum atomic E-state index is 12.4. The summed E-state index contributed by atoms with van der Waals surface area (Å²) in [7, 11) is 1.94. The number of carbonyl (C=O) groups is 1. The van der Waals surface area contributed by atoms with Gasteiger partial charge in [-0.25, -0.2) is 0 Å². The van der Waals surface area contributed by atoms with E-state index in [0.717, 1.165) is 25.9 Å². The Morgan fingerprint density at radius 2 is 2.29 bits per heavy atom. The number of hydrogen-bond donors (Lipinski definition) is 1. The molecule has 2 rings (SSSR count). The number of carbonyl (C=O) groups excluding carboxylic acids is 1. The number of likely N-dealkylation sites (tertiary alicyclic amines) is 1. The molecular weight excluding hydrogens is 218 g/mol. The molecule has 0 radical (unpaired) electrons. The minimum Gasteiger partial charge on any atom is -0.361 e. The normalized spacial score (nSPS) is 20.6. The van der Waals surface area contributed by atoms with Crippen LogP contribution in [0.25, 0.3) is 0 Å². The molecule has 17 heavy (non-hydrogen) atoms. The van der Waals surface area contributed by atoms with E-state index in [2.05, 4.69) is 10.5 Å². The largest absolute Gasteiger partial charge is 0.361 e. The zero-order valence-electron chi connectivity index (χ0n) is 10.6. The zero-order valence-corrected chi connectivity index (χ0v) is 10.6. The number of nitrogens with zero attached hydrogens (tertiary/aromatic N) is 2. The Morgan fingerprint density at radius 1 is 1.53 bits per heavy atom. The molecule has 0 aromatic carbocycles. The van der Waals surface area contributed by atoms with Crippen LogP contribution in [-0.2, 0) is 0 Å². The standard InChI is InChI=1S/C12H19N3O2/c1-8-11(9(2)17-14-8)12(16)15-6-4-5-10(7-15)13-3/h10,13H,4-7H2,1-3H3. The highest BCUT2D eigenvalue weighted by Gasteiger charge is 2.27. The number of hydrogen-bond acceptors (Lipinski definition) is 4. The quantitative estimate of drug-likeness (QED) is 0.837. The number of rotatable bonds is 2. The van der Waals surface area contributed by atoms with Crippen molar-refractivity contribution >= 4 is 5.91 Å². The van der Waals surface area contributed by atoms with E-state index < -0.39 is 0 Å².